The summed E-state index contributed by atoms with van der Waals surface area (Å²) in [6, 6.07) is 3.95. The molecule has 0 aliphatic rings. The molecular weight excluding hydrogens is 224 g/mol. The van der Waals surface area contributed by atoms with Crippen LogP contribution in [0.1, 0.15) is 25.2 Å². The van der Waals surface area contributed by atoms with Crippen LogP contribution in [0.4, 0.5) is 5.82 Å². The Bertz CT molecular complexity index is 523. The maximum Gasteiger partial charge on any atom is 0.133 e. The van der Waals surface area contributed by atoms with Gasteiger partial charge in [0.25, 0.3) is 0 Å². The van der Waals surface area contributed by atoms with Crippen LogP contribution in [0, 0.1) is 6.92 Å². The number of pyridine rings is 1. The van der Waals surface area contributed by atoms with Gasteiger partial charge in [0.2, 0.25) is 0 Å². The van der Waals surface area contributed by atoms with Crippen LogP contribution in [-0.2, 0) is 6.42 Å². The van der Waals surface area contributed by atoms with E-state index in [-0.39, 0.29) is 0 Å². The predicted octanol–water partition coefficient (Wildman–Crippen LogP) is 2.84. The van der Waals surface area contributed by atoms with E-state index in [1.54, 1.807) is 6.20 Å². The predicted molar refractivity (Wildman–Crippen MR) is 73.5 cm³/mol. The van der Waals surface area contributed by atoms with Gasteiger partial charge in [-0.15, -0.1) is 0 Å². The van der Waals surface area contributed by atoms with E-state index >= 15 is 0 Å². The largest absolute Gasteiger partial charge is 0.370 e. The third-order valence-corrected chi connectivity index (χ3v) is 2.79. The summed E-state index contributed by atoms with van der Waals surface area (Å²) in [5.41, 5.74) is 3.07. The highest BCUT2D eigenvalue weighted by molar-refractivity contribution is 5.67. The summed E-state index contributed by atoms with van der Waals surface area (Å²) >= 11 is 0. The van der Waals surface area contributed by atoms with Crippen LogP contribution in [0.3, 0.4) is 0 Å². The van der Waals surface area contributed by atoms with Gasteiger partial charge >= 0.3 is 0 Å². The third-order valence-electron chi connectivity index (χ3n) is 2.79. The molecule has 94 valence electrons. The minimum atomic E-state index is 0.825. The maximum absolute atomic E-state index is 4.61. The van der Waals surface area contributed by atoms with Crippen LogP contribution in [-0.4, -0.2) is 21.5 Å². The van der Waals surface area contributed by atoms with E-state index in [0.717, 1.165) is 41.4 Å². The van der Waals surface area contributed by atoms with Crippen molar-refractivity contribution >= 4 is 5.82 Å². The van der Waals surface area contributed by atoms with Gasteiger partial charge in [-0.05, 0) is 26.0 Å². The highest BCUT2D eigenvalue weighted by Crippen LogP contribution is 2.25. The molecule has 0 saturated carbocycles. The number of nitrogens with one attached hydrogen (secondary N) is 1. The van der Waals surface area contributed by atoms with E-state index in [9.17, 15) is 0 Å². The molecule has 0 unspecified atom stereocenters. The number of hydrogen-bond acceptors (Lipinski definition) is 4. The molecule has 18 heavy (non-hydrogen) atoms. The van der Waals surface area contributed by atoms with Crippen LogP contribution in [0.15, 0.2) is 24.5 Å². The van der Waals surface area contributed by atoms with Gasteiger partial charge in [0, 0.05) is 36.5 Å². The van der Waals surface area contributed by atoms with Crippen LogP contribution in [0.25, 0.3) is 11.3 Å². The number of anilines is 1. The first-order valence-corrected chi connectivity index (χ1v) is 6.28. The second-order valence-corrected chi connectivity index (χ2v) is 4.09. The number of nitrogens with zero attached hydrogens (tertiary/aromatic N) is 3. The van der Waals surface area contributed by atoms with Crippen LogP contribution in [0.5, 0.6) is 0 Å². The molecule has 0 aliphatic heterocycles. The average molecular weight is 242 g/mol. The maximum atomic E-state index is 4.61. The summed E-state index contributed by atoms with van der Waals surface area (Å²) < 4.78 is 0. The molecule has 0 fully saturated rings. The summed E-state index contributed by atoms with van der Waals surface area (Å²) in [7, 11) is 0. The Balaban J connectivity index is 2.55. The molecule has 0 aliphatic carbocycles. The number of rotatable bonds is 4. The summed E-state index contributed by atoms with van der Waals surface area (Å²) in [6.45, 7) is 7.03. The van der Waals surface area contributed by atoms with Gasteiger partial charge in [0.1, 0.15) is 11.6 Å². The molecule has 0 aromatic carbocycles. The first-order valence-electron chi connectivity index (χ1n) is 6.28. The smallest absolute Gasteiger partial charge is 0.133 e. The van der Waals surface area contributed by atoms with Crippen molar-refractivity contribution in [2.45, 2.75) is 27.2 Å². The van der Waals surface area contributed by atoms with Gasteiger partial charge in [-0.25, -0.2) is 9.97 Å². The van der Waals surface area contributed by atoms with Crippen LogP contribution in [0.2, 0.25) is 0 Å². The lowest BCUT2D eigenvalue weighted by Gasteiger charge is -2.12. The molecule has 0 spiro atoms. The monoisotopic (exact) mass is 242 g/mol. The third kappa shape index (κ3) is 2.47. The quantitative estimate of drug-likeness (QED) is 0.895. The zero-order valence-electron chi connectivity index (χ0n) is 11.1. The Labute approximate surface area is 108 Å². The zero-order chi connectivity index (χ0) is 13.0. The van der Waals surface area contributed by atoms with E-state index in [1.165, 1.54) is 0 Å². The standard InChI is InChI=1S/C14H18N4/c1-4-12-17-13(11-7-6-8-15-9-11)10(3)14(18-12)16-5-2/h6-9H,4-5H2,1-3H3,(H,16,17,18). The fourth-order valence-electron chi connectivity index (χ4n) is 1.84. The summed E-state index contributed by atoms with van der Waals surface area (Å²) in [5, 5.41) is 3.29. The fourth-order valence-corrected chi connectivity index (χ4v) is 1.84. The topological polar surface area (TPSA) is 50.7 Å². The van der Waals surface area contributed by atoms with Gasteiger partial charge in [-0.1, -0.05) is 6.92 Å². The molecule has 2 rings (SSSR count). The lowest BCUT2D eigenvalue weighted by molar-refractivity contribution is 0.929. The van der Waals surface area contributed by atoms with Crippen molar-refractivity contribution in [2.75, 3.05) is 11.9 Å². The second-order valence-electron chi connectivity index (χ2n) is 4.09. The molecule has 2 aromatic rings. The van der Waals surface area contributed by atoms with Gasteiger partial charge in [-0.3, -0.25) is 4.98 Å². The summed E-state index contributed by atoms with van der Waals surface area (Å²) in [5.74, 6) is 1.78. The zero-order valence-corrected chi connectivity index (χ0v) is 11.1. The van der Waals surface area contributed by atoms with E-state index in [2.05, 4.69) is 34.1 Å². The van der Waals surface area contributed by atoms with Crippen molar-refractivity contribution < 1.29 is 0 Å². The molecular formula is C14H18N4. The lowest BCUT2D eigenvalue weighted by atomic mass is 10.1. The summed E-state index contributed by atoms with van der Waals surface area (Å²) in [4.78, 5) is 13.3. The average Bonchev–Trinajstić information content (AvgIpc) is 2.42. The fraction of sp³-hybridized carbons (Fsp3) is 0.357. The van der Waals surface area contributed by atoms with E-state index in [0.29, 0.717) is 0 Å². The second kappa shape index (κ2) is 5.58. The van der Waals surface area contributed by atoms with Gasteiger partial charge in [0.15, 0.2) is 0 Å². The molecule has 1 N–H and O–H groups in total. The Morgan fingerprint density at radius 2 is 2.06 bits per heavy atom. The highest BCUT2D eigenvalue weighted by atomic mass is 15.0. The number of aromatic nitrogens is 3. The summed E-state index contributed by atoms with van der Waals surface area (Å²) in [6.07, 6.45) is 4.43. The van der Waals surface area contributed by atoms with Gasteiger partial charge in [-0.2, -0.15) is 0 Å². The van der Waals surface area contributed by atoms with Crippen LogP contribution < -0.4 is 5.32 Å². The number of hydrogen-bond donors (Lipinski definition) is 1. The Morgan fingerprint density at radius 1 is 1.22 bits per heavy atom. The van der Waals surface area contributed by atoms with Crippen molar-refractivity contribution in [2.24, 2.45) is 0 Å². The molecule has 4 heteroatoms. The first kappa shape index (κ1) is 12.5. The van der Waals surface area contributed by atoms with E-state index in [4.69, 9.17) is 0 Å². The Kier molecular flexibility index (Phi) is 3.87. The lowest BCUT2D eigenvalue weighted by Crippen LogP contribution is -2.07. The molecule has 0 radical (unpaired) electrons. The Morgan fingerprint density at radius 3 is 2.67 bits per heavy atom. The molecule has 0 amide bonds. The van der Waals surface area contributed by atoms with Crippen molar-refractivity contribution in [1.29, 1.82) is 0 Å². The molecule has 0 atom stereocenters. The van der Waals surface area contributed by atoms with Gasteiger partial charge in [0.05, 0.1) is 5.69 Å². The van der Waals surface area contributed by atoms with E-state index in [1.807, 2.05) is 25.3 Å². The molecule has 2 heterocycles. The minimum Gasteiger partial charge on any atom is -0.370 e. The molecule has 2 aromatic heterocycles. The van der Waals surface area contributed by atoms with Gasteiger partial charge < -0.3 is 5.32 Å². The van der Waals surface area contributed by atoms with Crippen molar-refractivity contribution in [3.63, 3.8) is 0 Å². The van der Waals surface area contributed by atoms with Crippen LogP contribution >= 0.6 is 0 Å². The minimum absolute atomic E-state index is 0.825. The normalized spacial score (nSPS) is 10.4. The van der Waals surface area contributed by atoms with E-state index < -0.39 is 0 Å². The molecule has 0 saturated heterocycles. The Hall–Kier alpha value is -1.97. The van der Waals surface area contributed by atoms with Crippen molar-refractivity contribution in [1.82, 2.24) is 15.0 Å². The van der Waals surface area contributed by atoms with Crippen molar-refractivity contribution in [3.05, 3.63) is 35.9 Å². The van der Waals surface area contributed by atoms with Crippen molar-refractivity contribution in [3.8, 4) is 11.3 Å². The SMILES string of the molecule is CCNc1nc(CC)nc(-c2cccnc2)c1C. The molecule has 0 bridgehead atoms. The molecule has 4 nitrogen and oxygen atoms in total. The highest BCUT2D eigenvalue weighted by Gasteiger charge is 2.11. The number of aryl methyl sites for hydroxylation is 1. The first-order chi connectivity index (χ1) is 8.76.